The SMILES string of the molecule is COc1cc(O)c2cc1[C@@H](C)c1cc(c(OC)cc1O)[C@@H](C)c1cc(c(OC)cc1O)[C@@H](C)c1cc(c(OC)cc1O)[C@H]2C. The summed E-state index contributed by atoms with van der Waals surface area (Å²) in [5.41, 5.74) is 5.58. The number of benzene rings is 4. The zero-order valence-electron chi connectivity index (χ0n) is 26.4. The van der Waals surface area contributed by atoms with Crippen LogP contribution in [0.15, 0.2) is 48.5 Å². The fourth-order valence-electron chi connectivity index (χ4n) is 6.53. The second-order valence-corrected chi connectivity index (χ2v) is 11.5. The molecule has 4 N–H and O–H groups in total. The van der Waals surface area contributed by atoms with E-state index in [4.69, 9.17) is 18.9 Å². The lowest BCUT2D eigenvalue weighted by Crippen LogP contribution is -2.09. The van der Waals surface area contributed by atoms with Crippen LogP contribution in [0.2, 0.25) is 0 Å². The highest BCUT2D eigenvalue weighted by molar-refractivity contribution is 5.62. The van der Waals surface area contributed by atoms with Gasteiger partial charge in [0.05, 0.1) is 28.4 Å². The molecule has 1 aliphatic carbocycles. The maximum atomic E-state index is 11.2. The second-order valence-electron chi connectivity index (χ2n) is 11.5. The maximum Gasteiger partial charge on any atom is 0.126 e. The third-order valence-electron chi connectivity index (χ3n) is 9.25. The van der Waals surface area contributed by atoms with E-state index in [2.05, 4.69) is 0 Å². The van der Waals surface area contributed by atoms with E-state index in [1.807, 2.05) is 52.0 Å². The molecule has 0 aromatic heterocycles. The van der Waals surface area contributed by atoms with Crippen LogP contribution >= 0.6 is 0 Å². The molecule has 4 aromatic carbocycles. The predicted molar refractivity (Wildman–Crippen MR) is 169 cm³/mol. The van der Waals surface area contributed by atoms with Gasteiger partial charge in [0.25, 0.3) is 0 Å². The molecule has 0 radical (unpaired) electrons. The summed E-state index contributed by atoms with van der Waals surface area (Å²) in [7, 11) is 6.18. The van der Waals surface area contributed by atoms with Crippen LogP contribution in [-0.2, 0) is 0 Å². The average molecular weight is 601 g/mol. The highest BCUT2D eigenvalue weighted by Gasteiger charge is 2.29. The molecule has 5 rings (SSSR count). The van der Waals surface area contributed by atoms with Crippen LogP contribution in [0.3, 0.4) is 0 Å². The Hall–Kier alpha value is -4.72. The minimum Gasteiger partial charge on any atom is -0.508 e. The normalized spacial score (nSPS) is 19.3. The Labute approximate surface area is 258 Å². The van der Waals surface area contributed by atoms with Crippen molar-refractivity contribution in [2.24, 2.45) is 0 Å². The van der Waals surface area contributed by atoms with Gasteiger partial charge in [-0.1, -0.05) is 27.7 Å². The quantitative estimate of drug-likeness (QED) is 0.191. The van der Waals surface area contributed by atoms with Crippen molar-refractivity contribution >= 4 is 0 Å². The average Bonchev–Trinajstić information content (AvgIpc) is 3.02. The highest BCUT2D eigenvalue weighted by atomic mass is 16.5. The van der Waals surface area contributed by atoms with Crippen LogP contribution in [0, 0.1) is 0 Å². The molecule has 8 heteroatoms. The van der Waals surface area contributed by atoms with E-state index in [0.29, 0.717) is 45.3 Å². The largest absolute Gasteiger partial charge is 0.508 e. The van der Waals surface area contributed by atoms with Gasteiger partial charge in [0.2, 0.25) is 0 Å². The van der Waals surface area contributed by atoms with Crippen molar-refractivity contribution in [3.05, 3.63) is 93.0 Å². The molecule has 0 saturated carbocycles. The number of aromatic hydroxyl groups is 4. The van der Waals surface area contributed by atoms with Gasteiger partial charge >= 0.3 is 0 Å². The van der Waals surface area contributed by atoms with Gasteiger partial charge in [-0.2, -0.15) is 0 Å². The van der Waals surface area contributed by atoms with Gasteiger partial charge in [-0.3, -0.25) is 0 Å². The second kappa shape index (κ2) is 11.8. The van der Waals surface area contributed by atoms with E-state index in [9.17, 15) is 20.4 Å². The number of fused-ring (bicyclic) bond motifs is 8. The summed E-state index contributed by atoms with van der Waals surface area (Å²) in [5.74, 6) is 0.645. The Morgan fingerprint density at radius 3 is 0.682 bits per heavy atom. The van der Waals surface area contributed by atoms with Gasteiger partial charge in [0, 0.05) is 92.4 Å². The highest BCUT2D eigenvalue weighted by Crippen LogP contribution is 2.49. The molecule has 0 unspecified atom stereocenters. The summed E-state index contributed by atoms with van der Waals surface area (Å²) in [6, 6.07) is 14.0. The lowest BCUT2D eigenvalue weighted by atomic mass is 9.80. The summed E-state index contributed by atoms with van der Waals surface area (Å²) in [6.07, 6.45) is 0. The van der Waals surface area contributed by atoms with Crippen molar-refractivity contribution in [2.45, 2.75) is 51.4 Å². The molecule has 4 atom stereocenters. The molecule has 0 heterocycles. The van der Waals surface area contributed by atoms with Gasteiger partial charge in [0.15, 0.2) is 0 Å². The fourth-order valence-corrected chi connectivity index (χ4v) is 6.53. The van der Waals surface area contributed by atoms with Gasteiger partial charge < -0.3 is 39.4 Å². The molecule has 1 aliphatic rings. The number of methoxy groups -OCH3 is 4. The fraction of sp³-hybridized carbons (Fsp3) is 0.333. The molecule has 0 saturated heterocycles. The van der Waals surface area contributed by atoms with Crippen molar-refractivity contribution in [1.82, 2.24) is 0 Å². The first-order valence-electron chi connectivity index (χ1n) is 14.6. The molecular weight excluding hydrogens is 560 g/mol. The van der Waals surface area contributed by atoms with E-state index in [1.165, 1.54) is 0 Å². The molecule has 0 aliphatic heterocycles. The Morgan fingerprint density at radius 2 is 0.523 bits per heavy atom. The maximum absolute atomic E-state index is 11.2. The van der Waals surface area contributed by atoms with E-state index in [0.717, 1.165) is 22.3 Å². The summed E-state index contributed by atoms with van der Waals surface area (Å²) >= 11 is 0. The third kappa shape index (κ3) is 4.98. The molecular formula is C36H40O8. The van der Waals surface area contributed by atoms with Crippen LogP contribution in [0.1, 0.15) is 95.9 Å². The van der Waals surface area contributed by atoms with Crippen LogP contribution in [0.25, 0.3) is 0 Å². The summed E-state index contributed by atoms with van der Waals surface area (Å²) in [6.45, 7) is 7.86. The summed E-state index contributed by atoms with van der Waals surface area (Å²) in [5, 5.41) is 44.9. The Balaban J connectivity index is 1.91. The van der Waals surface area contributed by atoms with Crippen LogP contribution in [0.5, 0.6) is 46.0 Å². The van der Waals surface area contributed by atoms with Gasteiger partial charge in [0.1, 0.15) is 46.0 Å². The van der Waals surface area contributed by atoms with Crippen LogP contribution in [-0.4, -0.2) is 48.9 Å². The Morgan fingerprint density at radius 1 is 0.341 bits per heavy atom. The van der Waals surface area contributed by atoms with Crippen molar-refractivity contribution in [3.63, 3.8) is 0 Å². The number of phenolic OH excluding ortho intramolecular Hbond substituents is 4. The smallest absolute Gasteiger partial charge is 0.126 e. The van der Waals surface area contributed by atoms with Gasteiger partial charge in [-0.05, 0) is 24.3 Å². The molecule has 44 heavy (non-hydrogen) atoms. The minimum atomic E-state index is -0.362. The topological polar surface area (TPSA) is 118 Å². The number of hydrogen-bond donors (Lipinski definition) is 4. The molecule has 232 valence electrons. The van der Waals surface area contributed by atoms with Gasteiger partial charge in [-0.25, -0.2) is 0 Å². The van der Waals surface area contributed by atoms with Crippen molar-refractivity contribution in [3.8, 4) is 46.0 Å². The summed E-state index contributed by atoms with van der Waals surface area (Å²) < 4.78 is 22.8. The molecule has 8 nitrogen and oxygen atoms in total. The zero-order valence-corrected chi connectivity index (χ0v) is 26.4. The predicted octanol–water partition coefficient (Wildman–Crippen LogP) is 7.46. The van der Waals surface area contributed by atoms with Crippen molar-refractivity contribution in [2.75, 3.05) is 28.4 Å². The number of phenols is 4. The van der Waals surface area contributed by atoms with E-state index in [1.54, 1.807) is 52.7 Å². The van der Waals surface area contributed by atoms with E-state index < -0.39 is 0 Å². The molecule has 0 amide bonds. The Kier molecular flexibility index (Phi) is 8.21. The Bertz CT molecular complexity index is 1470. The number of ether oxygens (including phenoxy) is 4. The monoisotopic (exact) mass is 600 g/mol. The first kappa shape index (κ1) is 30.7. The van der Waals surface area contributed by atoms with E-state index in [-0.39, 0.29) is 46.7 Å². The molecule has 4 aromatic rings. The van der Waals surface area contributed by atoms with E-state index >= 15 is 0 Å². The lowest BCUT2D eigenvalue weighted by Gasteiger charge is -2.27. The first-order chi connectivity index (χ1) is 20.9. The summed E-state index contributed by atoms with van der Waals surface area (Å²) in [4.78, 5) is 0. The van der Waals surface area contributed by atoms with Crippen molar-refractivity contribution in [1.29, 1.82) is 0 Å². The standard InChI is InChI=1S/C36H40O8/c1-17-21-9-26(34(42-6)13-29(21)37)19(3)23-11-28(36(44-8)15-31(23)39)20(4)24-12-27(35(43-7)16-32(24)40)18(2)22-10-25(17)33(41-5)14-30(22)38/h9-20,37-40H,1-8H3/t17-,18-,19-,20-/m0/s1. The molecule has 0 fully saturated rings. The van der Waals surface area contributed by atoms with Crippen LogP contribution < -0.4 is 18.9 Å². The lowest BCUT2D eigenvalue weighted by molar-refractivity contribution is 0.392. The number of rotatable bonds is 4. The third-order valence-corrected chi connectivity index (χ3v) is 9.25. The molecule has 8 bridgehead atoms. The first-order valence-corrected chi connectivity index (χ1v) is 14.6. The van der Waals surface area contributed by atoms with Crippen molar-refractivity contribution < 1.29 is 39.4 Å². The zero-order chi connectivity index (χ0) is 32.0. The number of hydrogen-bond acceptors (Lipinski definition) is 8. The van der Waals surface area contributed by atoms with Gasteiger partial charge in [-0.15, -0.1) is 0 Å². The van der Waals surface area contributed by atoms with Crippen LogP contribution in [0.4, 0.5) is 0 Å². The molecule has 0 spiro atoms. The minimum absolute atomic E-state index is 0.0502.